The number of fused-ring (bicyclic) bond motifs is 1. The van der Waals surface area contributed by atoms with E-state index in [9.17, 15) is 0 Å². The molecule has 0 unspecified atom stereocenters. The molecule has 1 aliphatic rings. The Kier molecular flexibility index (Phi) is 3.48. The molecule has 1 aromatic heterocycles. The normalized spacial score (nSPS) is 12.7. The second-order valence-electron chi connectivity index (χ2n) is 4.51. The second-order valence-corrected chi connectivity index (χ2v) is 5.30. The van der Waals surface area contributed by atoms with Crippen LogP contribution in [0.1, 0.15) is 19.0 Å². The van der Waals surface area contributed by atoms with Gasteiger partial charge in [-0.1, -0.05) is 13.3 Å². The number of aromatic nitrogens is 2. The number of anilines is 1. The molecule has 2 aromatic rings. The van der Waals surface area contributed by atoms with E-state index in [0.29, 0.717) is 17.4 Å². The van der Waals surface area contributed by atoms with Gasteiger partial charge in [-0.15, -0.1) is 0 Å². The summed E-state index contributed by atoms with van der Waals surface area (Å²) in [5, 5.41) is 0. The number of nitrogen functional groups attached to an aromatic ring is 1. The van der Waals surface area contributed by atoms with Crippen molar-refractivity contribution in [2.45, 2.75) is 19.8 Å². The van der Waals surface area contributed by atoms with Crippen molar-refractivity contribution in [3.63, 3.8) is 0 Å². The summed E-state index contributed by atoms with van der Waals surface area (Å²) in [4.78, 5) is 8.92. The molecule has 0 saturated carbocycles. The lowest BCUT2D eigenvalue weighted by Gasteiger charge is -2.08. The van der Waals surface area contributed by atoms with Crippen LogP contribution in [0.15, 0.2) is 22.7 Å². The van der Waals surface area contributed by atoms with E-state index in [1.165, 1.54) is 0 Å². The zero-order valence-electron chi connectivity index (χ0n) is 11.0. The Bertz CT molecular complexity index is 661. The first kappa shape index (κ1) is 13.2. The summed E-state index contributed by atoms with van der Waals surface area (Å²) in [5.41, 5.74) is 7.74. The van der Waals surface area contributed by atoms with Gasteiger partial charge >= 0.3 is 0 Å². The third-order valence-corrected chi connectivity index (χ3v) is 3.93. The van der Waals surface area contributed by atoms with Gasteiger partial charge in [0.2, 0.25) is 6.79 Å². The number of benzene rings is 1. The van der Waals surface area contributed by atoms with Crippen LogP contribution in [0.3, 0.4) is 0 Å². The lowest BCUT2D eigenvalue weighted by atomic mass is 10.1. The van der Waals surface area contributed by atoms with Crippen molar-refractivity contribution >= 4 is 21.7 Å². The van der Waals surface area contributed by atoms with Crippen LogP contribution in [0.4, 0.5) is 5.82 Å². The standard InChI is InChI=1S/C14H14BrN3O2/c1-2-3-9-12(15)13(16)18-14(17-9)8-4-5-10-11(6-8)20-7-19-10/h4-6H,2-3,7H2,1H3,(H2,16,17,18). The van der Waals surface area contributed by atoms with Gasteiger partial charge in [0.1, 0.15) is 5.82 Å². The highest BCUT2D eigenvalue weighted by Gasteiger charge is 2.16. The van der Waals surface area contributed by atoms with Gasteiger partial charge in [0.25, 0.3) is 0 Å². The fourth-order valence-electron chi connectivity index (χ4n) is 2.08. The van der Waals surface area contributed by atoms with Crippen LogP contribution in [-0.2, 0) is 6.42 Å². The zero-order valence-corrected chi connectivity index (χ0v) is 12.6. The van der Waals surface area contributed by atoms with Crippen LogP contribution in [0.2, 0.25) is 0 Å². The molecule has 0 fully saturated rings. The minimum atomic E-state index is 0.253. The monoisotopic (exact) mass is 335 g/mol. The Labute approximate surface area is 125 Å². The van der Waals surface area contributed by atoms with Gasteiger partial charge in [-0.25, -0.2) is 9.97 Å². The number of nitrogens with two attached hydrogens (primary N) is 1. The van der Waals surface area contributed by atoms with Crippen LogP contribution in [0.25, 0.3) is 11.4 Å². The Balaban J connectivity index is 2.05. The molecule has 2 heterocycles. The molecular formula is C14H14BrN3O2. The number of aryl methyl sites for hydroxylation is 1. The quantitative estimate of drug-likeness (QED) is 0.932. The molecule has 0 spiro atoms. The van der Waals surface area contributed by atoms with E-state index < -0.39 is 0 Å². The summed E-state index contributed by atoms with van der Waals surface area (Å²) in [6, 6.07) is 5.64. The third-order valence-electron chi connectivity index (χ3n) is 3.06. The first-order chi connectivity index (χ1) is 9.69. The minimum Gasteiger partial charge on any atom is -0.454 e. The lowest BCUT2D eigenvalue weighted by molar-refractivity contribution is 0.174. The smallest absolute Gasteiger partial charge is 0.231 e. The van der Waals surface area contributed by atoms with Crippen molar-refractivity contribution in [2.24, 2.45) is 0 Å². The molecule has 1 aliphatic heterocycles. The fourth-order valence-corrected chi connectivity index (χ4v) is 2.46. The molecule has 0 aliphatic carbocycles. The molecule has 2 N–H and O–H groups in total. The predicted octanol–water partition coefficient (Wildman–Crippen LogP) is 3.17. The van der Waals surface area contributed by atoms with Crippen LogP contribution in [-0.4, -0.2) is 16.8 Å². The molecule has 20 heavy (non-hydrogen) atoms. The van der Waals surface area contributed by atoms with E-state index >= 15 is 0 Å². The molecule has 6 heteroatoms. The summed E-state index contributed by atoms with van der Waals surface area (Å²) >= 11 is 3.44. The van der Waals surface area contributed by atoms with Crippen LogP contribution >= 0.6 is 15.9 Å². The topological polar surface area (TPSA) is 70.3 Å². The highest BCUT2D eigenvalue weighted by molar-refractivity contribution is 9.10. The van der Waals surface area contributed by atoms with E-state index in [2.05, 4.69) is 32.8 Å². The van der Waals surface area contributed by atoms with Gasteiger partial charge in [0.15, 0.2) is 17.3 Å². The second kappa shape index (κ2) is 5.28. The molecule has 1 aromatic carbocycles. The molecule has 0 bridgehead atoms. The number of halogens is 1. The van der Waals surface area contributed by atoms with Gasteiger partial charge < -0.3 is 15.2 Å². The molecule has 0 radical (unpaired) electrons. The molecule has 104 valence electrons. The molecular weight excluding hydrogens is 322 g/mol. The van der Waals surface area contributed by atoms with Crippen molar-refractivity contribution < 1.29 is 9.47 Å². The fraction of sp³-hybridized carbons (Fsp3) is 0.286. The summed E-state index contributed by atoms with van der Waals surface area (Å²) in [6.45, 7) is 2.36. The largest absolute Gasteiger partial charge is 0.454 e. The summed E-state index contributed by atoms with van der Waals surface area (Å²) in [5.74, 6) is 2.51. The maximum Gasteiger partial charge on any atom is 0.231 e. The Morgan fingerprint density at radius 3 is 2.85 bits per heavy atom. The minimum absolute atomic E-state index is 0.253. The lowest BCUT2D eigenvalue weighted by Crippen LogP contribution is -2.02. The number of ether oxygens (including phenoxy) is 2. The molecule has 5 nitrogen and oxygen atoms in total. The SMILES string of the molecule is CCCc1nc(-c2ccc3c(c2)OCO3)nc(N)c1Br. The van der Waals surface area contributed by atoms with Crippen molar-refractivity contribution in [2.75, 3.05) is 12.5 Å². The van der Waals surface area contributed by atoms with E-state index in [-0.39, 0.29) is 6.79 Å². The molecule has 0 amide bonds. The van der Waals surface area contributed by atoms with Crippen molar-refractivity contribution in [1.82, 2.24) is 9.97 Å². The maximum absolute atomic E-state index is 5.95. The van der Waals surface area contributed by atoms with Crippen molar-refractivity contribution in [3.8, 4) is 22.9 Å². The van der Waals surface area contributed by atoms with Crippen LogP contribution in [0.5, 0.6) is 11.5 Å². The Morgan fingerprint density at radius 2 is 2.05 bits per heavy atom. The van der Waals surface area contributed by atoms with Gasteiger partial charge in [-0.05, 0) is 40.5 Å². The summed E-state index contributed by atoms with van der Waals surface area (Å²) in [6.07, 6.45) is 1.85. The maximum atomic E-state index is 5.95. The van der Waals surface area contributed by atoms with Crippen molar-refractivity contribution in [1.29, 1.82) is 0 Å². The summed E-state index contributed by atoms with van der Waals surface area (Å²) < 4.78 is 11.5. The number of rotatable bonds is 3. The number of hydrogen-bond donors (Lipinski definition) is 1. The molecule has 0 saturated heterocycles. The van der Waals surface area contributed by atoms with Gasteiger partial charge in [0.05, 0.1) is 10.2 Å². The van der Waals surface area contributed by atoms with Gasteiger partial charge in [-0.2, -0.15) is 0 Å². The number of hydrogen-bond acceptors (Lipinski definition) is 5. The van der Waals surface area contributed by atoms with E-state index in [1.54, 1.807) is 0 Å². The van der Waals surface area contributed by atoms with E-state index in [1.807, 2.05) is 18.2 Å². The van der Waals surface area contributed by atoms with E-state index in [4.69, 9.17) is 15.2 Å². The van der Waals surface area contributed by atoms with Crippen LogP contribution < -0.4 is 15.2 Å². The third kappa shape index (κ3) is 2.31. The number of nitrogens with zero attached hydrogens (tertiary/aromatic N) is 2. The first-order valence-electron chi connectivity index (χ1n) is 6.41. The predicted molar refractivity (Wildman–Crippen MR) is 79.7 cm³/mol. The Morgan fingerprint density at radius 1 is 1.25 bits per heavy atom. The highest BCUT2D eigenvalue weighted by atomic mass is 79.9. The average molecular weight is 336 g/mol. The summed E-state index contributed by atoms with van der Waals surface area (Å²) in [7, 11) is 0. The molecule has 3 rings (SSSR count). The van der Waals surface area contributed by atoms with E-state index in [0.717, 1.165) is 34.3 Å². The average Bonchev–Trinajstić information content (AvgIpc) is 2.91. The van der Waals surface area contributed by atoms with Gasteiger partial charge in [-0.3, -0.25) is 0 Å². The highest BCUT2D eigenvalue weighted by Crippen LogP contribution is 2.35. The Hall–Kier alpha value is -1.82. The first-order valence-corrected chi connectivity index (χ1v) is 7.20. The van der Waals surface area contributed by atoms with Crippen molar-refractivity contribution in [3.05, 3.63) is 28.4 Å². The van der Waals surface area contributed by atoms with Gasteiger partial charge in [0, 0.05) is 5.56 Å². The zero-order chi connectivity index (χ0) is 14.1. The molecule has 0 atom stereocenters. The van der Waals surface area contributed by atoms with Crippen LogP contribution in [0, 0.1) is 0 Å².